The molecule has 4 nitrogen and oxygen atoms in total. The van der Waals surface area contributed by atoms with Gasteiger partial charge in [0.25, 0.3) is 0 Å². The number of nitrogens with zero attached hydrogens (tertiary/aromatic N) is 3. The summed E-state index contributed by atoms with van der Waals surface area (Å²) in [6.07, 6.45) is 1.47. The molecule has 18 heavy (non-hydrogen) atoms. The zero-order chi connectivity index (χ0) is 13.1. The lowest BCUT2D eigenvalue weighted by molar-refractivity contribution is 0.845. The molecular weight excluding hydrogens is 224 g/mol. The Balaban J connectivity index is 2.27. The van der Waals surface area contributed by atoms with Gasteiger partial charge in [0.1, 0.15) is 11.6 Å². The lowest BCUT2D eigenvalue weighted by Gasteiger charge is -2.06. The Labute approximate surface area is 107 Å². The van der Waals surface area contributed by atoms with Crippen molar-refractivity contribution < 1.29 is 0 Å². The zero-order valence-electron chi connectivity index (χ0n) is 11.1. The van der Waals surface area contributed by atoms with Crippen LogP contribution in [0.5, 0.6) is 0 Å². The number of aromatic nitrogens is 3. The van der Waals surface area contributed by atoms with Gasteiger partial charge in [0.15, 0.2) is 0 Å². The van der Waals surface area contributed by atoms with Gasteiger partial charge in [-0.2, -0.15) is 9.97 Å². The van der Waals surface area contributed by atoms with Crippen molar-refractivity contribution in [1.82, 2.24) is 15.0 Å². The fourth-order valence-electron chi connectivity index (χ4n) is 1.82. The number of nitrogens with two attached hydrogens (primary N) is 1. The topological polar surface area (TPSA) is 64.7 Å². The van der Waals surface area contributed by atoms with Gasteiger partial charge in [-0.15, -0.1) is 0 Å². The van der Waals surface area contributed by atoms with Gasteiger partial charge in [-0.1, -0.05) is 25.1 Å². The predicted molar refractivity (Wildman–Crippen MR) is 72.3 cm³/mol. The van der Waals surface area contributed by atoms with E-state index in [-0.39, 0.29) is 0 Å². The Bertz CT molecular complexity index is 564. The summed E-state index contributed by atoms with van der Waals surface area (Å²) in [5.41, 5.74) is 9.46. The summed E-state index contributed by atoms with van der Waals surface area (Å²) in [4.78, 5) is 12.7. The molecule has 1 aromatic heterocycles. The van der Waals surface area contributed by atoms with Crippen molar-refractivity contribution in [3.05, 3.63) is 46.5 Å². The number of anilines is 1. The van der Waals surface area contributed by atoms with Crippen molar-refractivity contribution in [2.45, 2.75) is 33.6 Å². The number of hydrogen-bond acceptors (Lipinski definition) is 4. The molecule has 2 aromatic rings. The maximum Gasteiger partial charge on any atom is 0.223 e. The number of aryl methyl sites for hydroxylation is 3. The molecule has 2 rings (SSSR count). The van der Waals surface area contributed by atoms with Crippen LogP contribution in [-0.4, -0.2) is 15.0 Å². The molecule has 1 aromatic carbocycles. The third-order valence-electron chi connectivity index (χ3n) is 3.00. The molecule has 1 heterocycles. The first-order valence-corrected chi connectivity index (χ1v) is 6.14. The second-order valence-corrected chi connectivity index (χ2v) is 4.48. The molecule has 0 unspecified atom stereocenters. The van der Waals surface area contributed by atoms with Crippen molar-refractivity contribution in [3.63, 3.8) is 0 Å². The molecule has 0 bridgehead atoms. The van der Waals surface area contributed by atoms with Gasteiger partial charge in [-0.3, -0.25) is 0 Å². The summed E-state index contributed by atoms with van der Waals surface area (Å²) in [6.45, 7) is 6.22. The molecule has 0 saturated heterocycles. The average molecular weight is 242 g/mol. The molecule has 4 heteroatoms. The normalized spacial score (nSPS) is 10.6. The lowest BCUT2D eigenvalue weighted by atomic mass is 10.0. The number of rotatable bonds is 3. The van der Waals surface area contributed by atoms with Gasteiger partial charge in [-0.25, -0.2) is 4.98 Å². The molecule has 0 spiro atoms. The Morgan fingerprint density at radius 2 is 1.72 bits per heavy atom. The van der Waals surface area contributed by atoms with Crippen LogP contribution in [-0.2, 0) is 12.8 Å². The summed E-state index contributed by atoms with van der Waals surface area (Å²) in [6, 6.07) is 6.39. The quantitative estimate of drug-likeness (QED) is 0.896. The van der Waals surface area contributed by atoms with E-state index in [0.717, 1.165) is 18.1 Å². The van der Waals surface area contributed by atoms with E-state index in [0.29, 0.717) is 12.4 Å². The molecule has 94 valence electrons. The molecule has 0 fully saturated rings. The minimum absolute atomic E-state index is 0.306. The van der Waals surface area contributed by atoms with E-state index in [1.165, 1.54) is 16.7 Å². The van der Waals surface area contributed by atoms with Gasteiger partial charge in [0.2, 0.25) is 5.95 Å². The molecular formula is C14H18N4. The first kappa shape index (κ1) is 12.5. The molecule has 0 aliphatic rings. The van der Waals surface area contributed by atoms with Crippen molar-refractivity contribution in [2.75, 3.05) is 5.73 Å². The summed E-state index contributed by atoms with van der Waals surface area (Å²) < 4.78 is 0. The molecule has 0 radical (unpaired) electrons. The van der Waals surface area contributed by atoms with E-state index >= 15 is 0 Å². The highest BCUT2D eigenvalue weighted by atomic mass is 15.1. The third-order valence-corrected chi connectivity index (χ3v) is 3.00. The predicted octanol–water partition coefficient (Wildman–Crippen LogP) is 2.22. The minimum atomic E-state index is 0.306. The summed E-state index contributed by atoms with van der Waals surface area (Å²) >= 11 is 0. The second kappa shape index (κ2) is 5.12. The Hall–Kier alpha value is -1.97. The van der Waals surface area contributed by atoms with Crippen molar-refractivity contribution >= 4 is 5.95 Å². The van der Waals surface area contributed by atoms with E-state index in [2.05, 4.69) is 47.0 Å². The smallest absolute Gasteiger partial charge is 0.223 e. The van der Waals surface area contributed by atoms with Gasteiger partial charge < -0.3 is 5.73 Å². The van der Waals surface area contributed by atoms with E-state index in [9.17, 15) is 0 Å². The monoisotopic (exact) mass is 242 g/mol. The van der Waals surface area contributed by atoms with E-state index in [1.807, 2.05) is 6.92 Å². The van der Waals surface area contributed by atoms with Crippen LogP contribution in [0.3, 0.4) is 0 Å². The van der Waals surface area contributed by atoms with Crippen molar-refractivity contribution in [1.29, 1.82) is 0 Å². The van der Waals surface area contributed by atoms with Crippen LogP contribution in [0.25, 0.3) is 0 Å². The lowest BCUT2D eigenvalue weighted by Crippen LogP contribution is -2.07. The molecule has 0 amide bonds. The highest BCUT2D eigenvalue weighted by Gasteiger charge is 2.05. The Morgan fingerprint density at radius 3 is 2.39 bits per heavy atom. The Morgan fingerprint density at radius 1 is 1.00 bits per heavy atom. The number of benzene rings is 1. The number of hydrogen-bond donors (Lipinski definition) is 1. The highest BCUT2D eigenvalue weighted by Crippen LogP contribution is 2.12. The number of nitrogen functional groups attached to an aromatic ring is 1. The van der Waals surface area contributed by atoms with Crippen LogP contribution < -0.4 is 5.73 Å². The van der Waals surface area contributed by atoms with Crippen LogP contribution in [0, 0.1) is 13.8 Å². The largest absolute Gasteiger partial charge is 0.368 e. The minimum Gasteiger partial charge on any atom is -0.368 e. The average Bonchev–Trinajstić information content (AvgIpc) is 2.33. The van der Waals surface area contributed by atoms with E-state index in [4.69, 9.17) is 5.73 Å². The summed E-state index contributed by atoms with van der Waals surface area (Å²) in [5.74, 6) is 1.80. The zero-order valence-corrected chi connectivity index (χ0v) is 11.1. The van der Waals surface area contributed by atoms with Crippen LogP contribution in [0.4, 0.5) is 5.95 Å². The van der Waals surface area contributed by atoms with Crippen LogP contribution in [0.1, 0.15) is 35.3 Å². The molecule has 0 aliphatic heterocycles. The van der Waals surface area contributed by atoms with E-state index in [1.54, 1.807) is 0 Å². The highest BCUT2D eigenvalue weighted by molar-refractivity contribution is 5.31. The fourth-order valence-corrected chi connectivity index (χ4v) is 1.82. The molecule has 0 aliphatic carbocycles. The molecule has 2 N–H and O–H groups in total. The first-order valence-electron chi connectivity index (χ1n) is 6.14. The van der Waals surface area contributed by atoms with Crippen LogP contribution in [0.2, 0.25) is 0 Å². The van der Waals surface area contributed by atoms with Gasteiger partial charge in [-0.05, 0) is 30.5 Å². The first-order chi connectivity index (χ1) is 8.58. The molecule has 0 saturated carbocycles. The maximum absolute atomic E-state index is 5.68. The second-order valence-electron chi connectivity index (χ2n) is 4.48. The fraction of sp³-hybridized carbons (Fsp3) is 0.357. The Kier molecular flexibility index (Phi) is 3.55. The van der Waals surface area contributed by atoms with Crippen LogP contribution >= 0.6 is 0 Å². The summed E-state index contributed by atoms with van der Waals surface area (Å²) in [7, 11) is 0. The molecule has 0 atom stereocenters. The van der Waals surface area contributed by atoms with E-state index < -0.39 is 0 Å². The van der Waals surface area contributed by atoms with Gasteiger partial charge in [0, 0.05) is 12.8 Å². The van der Waals surface area contributed by atoms with Crippen LogP contribution in [0.15, 0.2) is 18.2 Å². The summed E-state index contributed by atoms with van der Waals surface area (Å²) in [5, 5.41) is 0. The van der Waals surface area contributed by atoms with Crippen molar-refractivity contribution in [2.24, 2.45) is 0 Å². The maximum atomic E-state index is 5.68. The SMILES string of the molecule is CCc1nc(N)nc(Cc2ccc(C)c(C)c2)n1. The standard InChI is InChI=1S/C14H18N4/c1-4-12-16-13(18-14(15)17-12)8-11-6-5-9(2)10(3)7-11/h5-7H,4,8H2,1-3H3,(H2,15,16,17,18). The van der Waals surface area contributed by atoms with Gasteiger partial charge >= 0.3 is 0 Å². The van der Waals surface area contributed by atoms with Gasteiger partial charge in [0.05, 0.1) is 0 Å². The third kappa shape index (κ3) is 2.83. The van der Waals surface area contributed by atoms with Crippen molar-refractivity contribution in [3.8, 4) is 0 Å².